The second kappa shape index (κ2) is 6.43. The molecule has 1 aromatic heterocycles. The molecule has 0 spiro atoms. The van der Waals surface area contributed by atoms with E-state index in [1.165, 1.54) is 6.92 Å². The quantitative estimate of drug-likeness (QED) is 0.820. The number of allylic oxidation sites excluding steroid dienone is 1. The maximum Gasteiger partial charge on any atom is 0.266 e. The third-order valence-corrected chi connectivity index (χ3v) is 3.40. The first-order valence-electron chi connectivity index (χ1n) is 7.30. The van der Waals surface area contributed by atoms with E-state index in [9.17, 15) is 4.79 Å². The van der Waals surface area contributed by atoms with Crippen molar-refractivity contribution in [3.05, 3.63) is 47.7 Å². The Kier molecular flexibility index (Phi) is 4.18. The van der Waals surface area contributed by atoms with Crippen molar-refractivity contribution in [1.82, 2.24) is 15.5 Å². The molecule has 1 aromatic carbocycles. The van der Waals surface area contributed by atoms with E-state index in [1.807, 2.05) is 30.3 Å². The van der Waals surface area contributed by atoms with Gasteiger partial charge in [0.05, 0.1) is 0 Å². The highest BCUT2D eigenvalue weighted by atomic mass is 16.4. The summed E-state index contributed by atoms with van der Waals surface area (Å²) in [6.07, 6.45) is 4.97. The van der Waals surface area contributed by atoms with Crippen molar-refractivity contribution in [2.45, 2.75) is 25.8 Å². The number of amides is 1. The molecule has 0 radical (unpaired) electrons. The summed E-state index contributed by atoms with van der Waals surface area (Å²) in [7, 11) is 0. The molecule has 3 N–H and O–H groups in total. The summed E-state index contributed by atoms with van der Waals surface area (Å²) >= 11 is 0. The molecule has 1 aliphatic heterocycles. The first-order valence-corrected chi connectivity index (χ1v) is 7.30. The van der Waals surface area contributed by atoms with Crippen LogP contribution in [0.2, 0.25) is 0 Å². The molecule has 1 atom stereocenters. The lowest BCUT2D eigenvalue weighted by Gasteiger charge is -2.14. The van der Waals surface area contributed by atoms with Gasteiger partial charge in [0.25, 0.3) is 5.89 Å². The Balaban J connectivity index is 1.82. The fraction of sp³-hybridized carbons (Fsp3) is 0.250. The number of benzene rings is 1. The van der Waals surface area contributed by atoms with Gasteiger partial charge in [0.1, 0.15) is 11.7 Å². The van der Waals surface area contributed by atoms with Gasteiger partial charge < -0.3 is 15.5 Å². The van der Waals surface area contributed by atoms with Gasteiger partial charge in [-0.25, -0.2) is 0 Å². The fourth-order valence-electron chi connectivity index (χ4n) is 2.32. The Morgan fingerprint density at radius 3 is 2.78 bits per heavy atom. The van der Waals surface area contributed by atoms with E-state index in [-0.39, 0.29) is 5.91 Å². The highest BCUT2D eigenvalue weighted by Crippen LogP contribution is 2.23. The maximum atomic E-state index is 11.5. The van der Waals surface area contributed by atoms with Crippen LogP contribution in [-0.4, -0.2) is 22.3 Å². The molecule has 118 valence electrons. The van der Waals surface area contributed by atoms with E-state index < -0.39 is 6.04 Å². The highest BCUT2D eigenvalue weighted by molar-refractivity contribution is 5.78. The molecule has 23 heavy (non-hydrogen) atoms. The van der Waals surface area contributed by atoms with Gasteiger partial charge in [-0.15, -0.1) is 10.2 Å². The number of hydrogen-bond donors (Lipinski definition) is 2. The molecular formula is C16H17N5O2. The summed E-state index contributed by atoms with van der Waals surface area (Å²) in [6, 6.07) is 7.05. The highest BCUT2D eigenvalue weighted by Gasteiger charge is 2.22. The number of carbonyl (C=O) groups is 1. The smallest absolute Gasteiger partial charge is 0.266 e. The minimum Gasteiger partial charge on any atom is -0.417 e. The molecular weight excluding hydrogens is 294 g/mol. The number of anilines is 1. The molecule has 0 aliphatic carbocycles. The lowest BCUT2D eigenvalue weighted by atomic mass is 10.1. The number of rotatable bonds is 5. The minimum absolute atomic E-state index is 0.164. The number of nitrogens with two attached hydrogens (primary N) is 1. The monoisotopic (exact) mass is 311 g/mol. The first-order chi connectivity index (χ1) is 11.1. The third kappa shape index (κ3) is 3.63. The zero-order valence-corrected chi connectivity index (χ0v) is 12.7. The van der Waals surface area contributed by atoms with Crippen molar-refractivity contribution < 1.29 is 9.21 Å². The molecule has 0 bridgehead atoms. The average molecular weight is 311 g/mol. The lowest BCUT2D eigenvalue weighted by Crippen LogP contribution is -2.28. The van der Waals surface area contributed by atoms with Crippen molar-refractivity contribution in [1.29, 1.82) is 0 Å². The predicted molar refractivity (Wildman–Crippen MR) is 86.5 cm³/mol. The van der Waals surface area contributed by atoms with Crippen LogP contribution in [0.1, 0.15) is 36.7 Å². The van der Waals surface area contributed by atoms with Crippen LogP contribution >= 0.6 is 0 Å². The van der Waals surface area contributed by atoms with Gasteiger partial charge in [-0.1, -0.05) is 12.1 Å². The number of nitrogens with zero attached hydrogens (tertiary/aromatic N) is 3. The van der Waals surface area contributed by atoms with E-state index in [0.29, 0.717) is 29.6 Å². The standard InChI is InChI=1S/C16H17N5O2/c1-10(22)19-14(9-11-4-6-12(17)7-5-11)16-21-20-15(23-16)13-3-2-8-18-13/h3-8,14H,2,9,17H2,1H3,(H,19,22)/t14-/m0/s1. The number of nitrogen functional groups attached to an aromatic ring is 1. The molecule has 0 saturated carbocycles. The predicted octanol–water partition coefficient (Wildman–Crippen LogP) is 1.89. The number of aliphatic imine (C=N–C) groups is 1. The van der Waals surface area contributed by atoms with E-state index in [1.54, 1.807) is 6.21 Å². The van der Waals surface area contributed by atoms with E-state index in [0.717, 1.165) is 12.0 Å². The molecule has 0 unspecified atom stereocenters. The van der Waals surface area contributed by atoms with Crippen LogP contribution in [0.4, 0.5) is 5.69 Å². The van der Waals surface area contributed by atoms with Crippen molar-refractivity contribution in [3.8, 4) is 0 Å². The van der Waals surface area contributed by atoms with Gasteiger partial charge >= 0.3 is 0 Å². The van der Waals surface area contributed by atoms with Crippen molar-refractivity contribution in [3.63, 3.8) is 0 Å². The maximum absolute atomic E-state index is 11.5. The third-order valence-electron chi connectivity index (χ3n) is 3.40. The Morgan fingerprint density at radius 2 is 2.13 bits per heavy atom. The number of nitrogens with one attached hydrogen (secondary N) is 1. The largest absolute Gasteiger partial charge is 0.417 e. The fourth-order valence-corrected chi connectivity index (χ4v) is 2.32. The van der Waals surface area contributed by atoms with E-state index in [2.05, 4.69) is 20.5 Å². The summed E-state index contributed by atoms with van der Waals surface area (Å²) in [4.78, 5) is 15.7. The summed E-state index contributed by atoms with van der Waals surface area (Å²) in [5, 5.41) is 10.9. The molecule has 1 aliphatic rings. The van der Waals surface area contributed by atoms with Gasteiger partial charge in [-0.05, 0) is 23.8 Å². The van der Waals surface area contributed by atoms with Gasteiger partial charge in [0.15, 0.2) is 0 Å². The summed E-state index contributed by atoms with van der Waals surface area (Å²) in [5.41, 5.74) is 8.06. The summed E-state index contributed by atoms with van der Waals surface area (Å²) < 4.78 is 5.68. The normalized spacial score (nSPS) is 14.6. The lowest BCUT2D eigenvalue weighted by molar-refractivity contribution is -0.119. The average Bonchev–Trinajstić information content (AvgIpc) is 3.19. The van der Waals surface area contributed by atoms with Crippen molar-refractivity contribution in [2.24, 2.45) is 4.99 Å². The molecule has 7 nitrogen and oxygen atoms in total. The van der Waals surface area contributed by atoms with Gasteiger partial charge in [0.2, 0.25) is 11.8 Å². The summed E-state index contributed by atoms with van der Waals surface area (Å²) in [6.45, 7) is 1.46. The first kappa shape index (κ1) is 15.0. The van der Waals surface area contributed by atoms with Gasteiger partial charge in [0, 0.05) is 31.7 Å². The number of carbonyl (C=O) groups excluding carboxylic acids is 1. The minimum atomic E-state index is -0.400. The molecule has 1 amide bonds. The molecule has 0 fully saturated rings. The Labute approximate surface area is 133 Å². The van der Waals surface area contributed by atoms with Crippen LogP contribution in [0.25, 0.3) is 5.70 Å². The second-order valence-electron chi connectivity index (χ2n) is 5.28. The summed E-state index contributed by atoms with van der Waals surface area (Å²) in [5.74, 6) is 0.555. The van der Waals surface area contributed by atoms with Crippen LogP contribution in [0, 0.1) is 0 Å². The second-order valence-corrected chi connectivity index (χ2v) is 5.28. The van der Waals surface area contributed by atoms with Gasteiger partial charge in [-0.3, -0.25) is 9.79 Å². The molecule has 3 rings (SSSR count). The van der Waals surface area contributed by atoms with Crippen molar-refractivity contribution in [2.75, 3.05) is 5.73 Å². The zero-order valence-electron chi connectivity index (χ0n) is 12.7. The van der Waals surface area contributed by atoms with Crippen LogP contribution in [0.3, 0.4) is 0 Å². The van der Waals surface area contributed by atoms with Crippen LogP contribution < -0.4 is 11.1 Å². The zero-order chi connectivity index (χ0) is 16.2. The Morgan fingerprint density at radius 1 is 1.35 bits per heavy atom. The van der Waals surface area contributed by atoms with Crippen LogP contribution in [0.15, 0.2) is 39.8 Å². The SMILES string of the molecule is CC(=O)N[C@@H](Cc1ccc(N)cc1)c1nnc(C2=CCC=N2)o1. The number of hydrogen-bond acceptors (Lipinski definition) is 6. The Bertz CT molecular complexity index is 761. The molecule has 2 heterocycles. The molecule has 0 saturated heterocycles. The van der Waals surface area contributed by atoms with Crippen LogP contribution in [0.5, 0.6) is 0 Å². The van der Waals surface area contributed by atoms with Crippen molar-refractivity contribution >= 4 is 23.5 Å². The van der Waals surface area contributed by atoms with E-state index >= 15 is 0 Å². The van der Waals surface area contributed by atoms with Gasteiger partial charge in [-0.2, -0.15) is 0 Å². The molecule has 7 heteroatoms. The number of aromatic nitrogens is 2. The van der Waals surface area contributed by atoms with Crippen LogP contribution in [-0.2, 0) is 11.2 Å². The Hall–Kier alpha value is -2.96. The topological polar surface area (TPSA) is 106 Å². The molecule has 2 aromatic rings. The van der Waals surface area contributed by atoms with E-state index in [4.69, 9.17) is 10.2 Å².